The van der Waals surface area contributed by atoms with Gasteiger partial charge >= 0.3 is 0 Å². The third kappa shape index (κ3) is 2.62. The molecule has 0 aliphatic carbocycles. The van der Waals surface area contributed by atoms with Gasteiger partial charge in [0.2, 0.25) is 0 Å². The number of nitrogens with one attached hydrogen (secondary N) is 1. The molecule has 3 rings (SSSR count). The normalized spacial score (nSPS) is 19.0. The maximum absolute atomic E-state index is 3.54. The molecule has 1 N–H and O–H groups in total. The van der Waals surface area contributed by atoms with E-state index in [1.54, 1.807) is 0 Å². The van der Waals surface area contributed by atoms with Crippen LogP contribution in [0.2, 0.25) is 0 Å². The van der Waals surface area contributed by atoms with Crippen molar-refractivity contribution < 1.29 is 0 Å². The molecule has 1 aliphatic heterocycles. The first-order valence-corrected chi connectivity index (χ1v) is 6.78. The largest absolute Gasteiger partial charge is 0.310 e. The molecule has 1 fully saturated rings. The molecule has 0 aromatic heterocycles. The van der Waals surface area contributed by atoms with E-state index in [-0.39, 0.29) is 0 Å². The monoisotopic (exact) mass is 237 g/mol. The minimum absolute atomic E-state index is 0.579. The molecule has 1 saturated heterocycles. The van der Waals surface area contributed by atoms with E-state index in [4.69, 9.17) is 0 Å². The fourth-order valence-electron chi connectivity index (χ4n) is 2.67. The summed E-state index contributed by atoms with van der Waals surface area (Å²) in [4.78, 5) is 0. The summed E-state index contributed by atoms with van der Waals surface area (Å²) in [6, 6.07) is 20.3. The Labute approximate surface area is 109 Å². The summed E-state index contributed by atoms with van der Waals surface area (Å²) < 4.78 is 0. The van der Waals surface area contributed by atoms with Gasteiger partial charge < -0.3 is 5.32 Å². The second kappa shape index (κ2) is 5.36. The highest BCUT2D eigenvalue weighted by atomic mass is 14.9. The first-order valence-electron chi connectivity index (χ1n) is 6.78. The van der Waals surface area contributed by atoms with Gasteiger partial charge in [0.1, 0.15) is 0 Å². The standard InChI is InChI=1S/C17H19N/c1-2-5-14(6-3-1)13-15-8-10-16(11-9-15)17-7-4-12-18-17/h1-3,5-6,8-11,17-18H,4,7,12-13H2/t17-/m1/s1. The Hall–Kier alpha value is -1.60. The zero-order chi connectivity index (χ0) is 12.2. The van der Waals surface area contributed by atoms with Gasteiger partial charge in [-0.05, 0) is 42.5 Å². The van der Waals surface area contributed by atoms with Crippen molar-refractivity contribution >= 4 is 0 Å². The van der Waals surface area contributed by atoms with Gasteiger partial charge in [-0.2, -0.15) is 0 Å². The van der Waals surface area contributed by atoms with E-state index in [0.717, 1.165) is 13.0 Å². The van der Waals surface area contributed by atoms with Crippen molar-refractivity contribution in [2.75, 3.05) is 6.54 Å². The Kier molecular flexibility index (Phi) is 3.42. The molecule has 0 amide bonds. The van der Waals surface area contributed by atoms with Crippen LogP contribution in [0.5, 0.6) is 0 Å². The zero-order valence-corrected chi connectivity index (χ0v) is 10.6. The third-order valence-electron chi connectivity index (χ3n) is 3.69. The Morgan fingerprint density at radius 1 is 0.889 bits per heavy atom. The highest BCUT2D eigenvalue weighted by Gasteiger charge is 2.15. The Morgan fingerprint density at radius 2 is 1.61 bits per heavy atom. The van der Waals surface area contributed by atoms with Gasteiger partial charge in [0.25, 0.3) is 0 Å². The van der Waals surface area contributed by atoms with Crippen LogP contribution < -0.4 is 5.32 Å². The van der Waals surface area contributed by atoms with E-state index >= 15 is 0 Å². The average Bonchev–Trinajstić information content (AvgIpc) is 2.95. The lowest BCUT2D eigenvalue weighted by Gasteiger charge is -2.11. The van der Waals surface area contributed by atoms with Crippen LogP contribution in [0.1, 0.15) is 35.6 Å². The van der Waals surface area contributed by atoms with E-state index < -0.39 is 0 Å². The highest BCUT2D eigenvalue weighted by molar-refractivity contribution is 5.30. The summed E-state index contributed by atoms with van der Waals surface area (Å²) >= 11 is 0. The van der Waals surface area contributed by atoms with E-state index in [0.29, 0.717) is 6.04 Å². The maximum Gasteiger partial charge on any atom is 0.0320 e. The van der Waals surface area contributed by atoms with Gasteiger partial charge in [-0.1, -0.05) is 54.6 Å². The molecule has 0 saturated carbocycles. The molecule has 1 heterocycles. The molecule has 0 spiro atoms. The average molecular weight is 237 g/mol. The Balaban J connectivity index is 1.71. The van der Waals surface area contributed by atoms with Gasteiger partial charge in [-0.3, -0.25) is 0 Å². The fraction of sp³-hybridized carbons (Fsp3) is 0.294. The molecule has 0 unspecified atom stereocenters. The summed E-state index contributed by atoms with van der Waals surface area (Å²) in [6.07, 6.45) is 3.60. The minimum atomic E-state index is 0.579. The number of hydrogen-bond acceptors (Lipinski definition) is 1. The predicted octanol–water partition coefficient (Wildman–Crippen LogP) is 3.70. The zero-order valence-electron chi connectivity index (χ0n) is 10.6. The molecule has 1 heteroatoms. The predicted molar refractivity (Wildman–Crippen MR) is 75.7 cm³/mol. The molecule has 0 radical (unpaired) electrons. The van der Waals surface area contributed by atoms with Crippen molar-refractivity contribution in [3.63, 3.8) is 0 Å². The first-order chi connectivity index (χ1) is 8.92. The summed E-state index contributed by atoms with van der Waals surface area (Å²) in [7, 11) is 0. The van der Waals surface area contributed by atoms with Crippen molar-refractivity contribution in [2.45, 2.75) is 25.3 Å². The Bertz CT molecular complexity index is 481. The maximum atomic E-state index is 3.54. The number of hydrogen-bond donors (Lipinski definition) is 1. The minimum Gasteiger partial charge on any atom is -0.310 e. The molecule has 0 bridgehead atoms. The van der Waals surface area contributed by atoms with Crippen LogP contribution in [-0.4, -0.2) is 6.54 Å². The smallest absolute Gasteiger partial charge is 0.0320 e. The molecular weight excluding hydrogens is 218 g/mol. The van der Waals surface area contributed by atoms with Crippen LogP contribution in [0.25, 0.3) is 0 Å². The van der Waals surface area contributed by atoms with Gasteiger partial charge in [0.15, 0.2) is 0 Å². The molecule has 1 nitrogen and oxygen atoms in total. The molecule has 1 aliphatic rings. The molecule has 2 aromatic carbocycles. The van der Waals surface area contributed by atoms with Gasteiger partial charge in [-0.15, -0.1) is 0 Å². The second-order valence-electron chi connectivity index (χ2n) is 5.05. The van der Waals surface area contributed by atoms with Crippen molar-refractivity contribution in [1.82, 2.24) is 5.32 Å². The highest BCUT2D eigenvalue weighted by Crippen LogP contribution is 2.23. The first kappa shape index (κ1) is 11.5. The number of rotatable bonds is 3. The van der Waals surface area contributed by atoms with E-state index in [1.807, 2.05) is 0 Å². The fourth-order valence-corrected chi connectivity index (χ4v) is 2.67. The summed E-state index contributed by atoms with van der Waals surface area (Å²) in [5.74, 6) is 0. The van der Waals surface area contributed by atoms with Crippen molar-refractivity contribution in [3.8, 4) is 0 Å². The molecule has 1 atom stereocenters. The molecule has 18 heavy (non-hydrogen) atoms. The molecular formula is C17H19N. The van der Waals surface area contributed by atoms with Crippen LogP contribution in [0.15, 0.2) is 54.6 Å². The van der Waals surface area contributed by atoms with Gasteiger partial charge in [0.05, 0.1) is 0 Å². The molecule has 92 valence electrons. The SMILES string of the molecule is c1ccc(Cc2ccc([C@H]3CCCN3)cc2)cc1. The lowest BCUT2D eigenvalue weighted by molar-refractivity contribution is 0.647. The summed E-state index contributed by atoms with van der Waals surface area (Å²) in [5.41, 5.74) is 4.21. The van der Waals surface area contributed by atoms with Gasteiger partial charge in [0, 0.05) is 6.04 Å². The lowest BCUT2D eigenvalue weighted by Crippen LogP contribution is -2.12. The summed E-state index contributed by atoms with van der Waals surface area (Å²) in [5, 5.41) is 3.54. The molecule has 2 aromatic rings. The van der Waals surface area contributed by atoms with Gasteiger partial charge in [-0.25, -0.2) is 0 Å². The third-order valence-corrected chi connectivity index (χ3v) is 3.69. The van der Waals surface area contributed by atoms with Crippen LogP contribution in [0, 0.1) is 0 Å². The van der Waals surface area contributed by atoms with Crippen molar-refractivity contribution in [1.29, 1.82) is 0 Å². The summed E-state index contributed by atoms with van der Waals surface area (Å²) in [6.45, 7) is 1.16. The van der Waals surface area contributed by atoms with Crippen molar-refractivity contribution in [3.05, 3.63) is 71.3 Å². The van der Waals surface area contributed by atoms with E-state index in [9.17, 15) is 0 Å². The van der Waals surface area contributed by atoms with E-state index in [2.05, 4.69) is 59.9 Å². The van der Waals surface area contributed by atoms with Crippen molar-refractivity contribution in [2.24, 2.45) is 0 Å². The second-order valence-corrected chi connectivity index (χ2v) is 5.05. The van der Waals surface area contributed by atoms with Crippen LogP contribution in [-0.2, 0) is 6.42 Å². The Morgan fingerprint density at radius 3 is 2.28 bits per heavy atom. The quantitative estimate of drug-likeness (QED) is 0.858. The van der Waals surface area contributed by atoms with Crippen LogP contribution in [0.3, 0.4) is 0 Å². The van der Waals surface area contributed by atoms with Crippen LogP contribution in [0.4, 0.5) is 0 Å². The van der Waals surface area contributed by atoms with Crippen LogP contribution >= 0.6 is 0 Å². The lowest BCUT2D eigenvalue weighted by atomic mass is 10.00. The number of benzene rings is 2. The topological polar surface area (TPSA) is 12.0 Å². The van der Waals surface area contributed by atoms with E-state index in [1.165, 1.54) is 29.5 Å².